The summed E-state index contributed by atoms with van der Waals surface area (Å²) in [5.74, 6) is 0.470. The van der Waals surface area contributed by atoms with Gasteiger partial charge in [-0.25, -0.2) is 13.1 Å². The number of nitrogens with two attached hydrogens (primary N) is 1. The minimum atomic E-state index is -3.50. The Balaban J connectivity index is 2.03. The lowest BCUT2D eigenvalue weighted by molar-refractivity contribution is 0.548. The number of nitrogens with one attached hydrogen (secondary N) is 1. The summed E-state index contributed by atoms with van der Waals surface area (Å²) >= 11 is 5.76. The average molecular weight is 275 g/mol. The molecule has 1 saturated carbocycles. The molecular weight excluding hydrogens is 260 g/mol. The Morgan fingerprint density at radius 3 is 2.76 bits per heavy atom. The Morgan fingerprint density at radius 1 is 1.47 bits per heavy atom. The summed E-state index contributed by atoms with van der Waals surface area (Å²) in [7, 11) is -3.50. The maximum Gasteiger partial charge on any atom is 0.240 e. The van der Waals surface area contributed by atoms with Gasteiger partial charge in [0.05, 0.1) is 4.90 Å². The third kappa shape index (κ3) is 3.42. The summed E-state index contributed by atoms with van der Waals surface area (Å²) in [6.07, 6.45) is 2.19. The second-order valence-corrected chi connectivity index (χ2v) is 6.51. The first-order valence-corrected chi connectivity index (χ1v) is 7.36. The van der Waals surface area contributed by atoms with Gasteiger partial charge in [-0.3, -0.25) is 0 Å². The molecule has 0 aromatic heterocycles. The van der Waals surface area contributed by atoms with Crippen LogP contribution in [0.1, 0.15) is 12.8 Å². The van der Waals surface area contributed by atoms with E-state index >= 15 is 0 Å². The predicted octanol–water partition coefficient (Wildman–Crippen LogP) is 1.36. The molecule has 2 rings (SSSR count). The molecule has 1 aliphatic carbocycles. The van der Waals surface area contributed by atoms with Crippen LogP contribution in [0, 0.1) is 5.92 Å². The molecule has 1 fully saturated rings. The van der Waals surface area contributed by atoms with Crippen molar-refractivity contribution in [1.29, 1.82) is 0 Å². The van der Waals surface area contributed by atoms with Crippen LogP contribution in [0.15, 0.2) is 29.2 Å². The smallest absolute Gasteiger partial charge is 0.240 e. The Bertz CT molecular complexity index is 500. The van der Waals surface area contributed by atoms with Crippen molar-refractivity contribution in [2.24, 2.45) is 11.7 Å². The van der Waals surface area contributed by atoms with Gasteiger partial charge in [0.25, 0.3) is 0 Å². The van der Waals surface area contributed by atoms with Gasteiger partial charge in [-0.1, -0.05) is 17.7 Å². The van der Waals surface area contributed by atoms with E-state index in [1.807, 2.05) is 0 Å². The zero-order valence-electron chi connectivity index (χ0n) is 9.27. The van der Waals surface area contributed by atoms with E-state index in [0.717, 1.165) is 12.8 Å². The van der Waals surface area contributed by atoms with Crippen molar-refractivity contribution < 1.29 is 8.42 Å². The van der Waals surface area contributed by atoms with Gasteiger partial charge in [-0.15, -0.1) is 0 Å². The number of hydrogen-bond donors (Lipinski definition) is 2. The summed E-state index contributed by atoms with van der Waals surface area (Å²) in [6.45, 7) is 0.277. The van der Waals surface area contributed by atoms with Crippen molar-refractivity contribution >= 4 is 21.6 Å². The van der Waals surface area contributed by atoms with Crippen molar-refractivity contribution in [2.45, 2.75) is 23.8 Å². The maximum absolute atomic E-state index is 11.9. The molecule has 1 aliphatic rings. The van der Waals surface area contributed by atoms with Crippen LogP contribution < -0.4 is 10.5 Å². The standard InChI is InChI=1S/C11H15ClN2O2S/c12-9-2-1-3-10(6-9)17(15,16)14-7-11(13)8-4-5-8/h1-3,6,8,11,14H,4-5,7,13H2. The highest BCUT2D eigenvalue weighted by Crippen LogP contribution is 2.31. The Kier molecular flexibility index (Phi) is 3.73. The fourth-order valence-corrected chi connectivity index (χ4v) is 2.99. The quantitative estimate of drug-likeness (QED) is 0.851. The average Bonchev–Trinajstić information content (AvgIpc) is 3.10. The summed E-state index contributed by atoms with van der Waals surface area (Å²) < 4.78 is 26.3. The van der Waals surface area contributed by atoms with E-state index in [-0.39, 0.29) is 17.5 Å². The van der Waals surface area contributed by atoms with Crippen LogP contribution in [0.2, 0.25) is 5.02 Å². The summed E-state index contributed by atoms with van der Waals surface area (Å²) in [5.41, 5.74) is 5.84. The molecule has 17 heavy (non-hydrogen) atoms. The van der Waals surface area contributed by atoms with Gasteiger partial charge in [-0.05, 0) is 37.0 Å². The van der Waals surface area contributed by atoms with Gasteiger partial charge in [0.1, 0.15) is 0 Å². The molecular formula is C11H15ClN2O2S. The van der Waals surface area contributed by atoms with Crippen molar-refractivity contribution in [3.05, 3.63) is 29.3 Å². The van der Waals surface area contributed by atoms with Crippen LogP contribution >= 0.6 is 11.6 Å². The normalized spacial score (nSPS) is 18.0. The Hall–Kier alpha value is -0.620. The van der Waals surface area contributed by atoms with Crippen LogP contribution in [0.3, 0.4) is 0 Å². The highest BCUT2D eigenvalue weighted by Gasteiger charge is 2.29. The minimum Gasteiger partial charge on any atom is -0.326 e. The van der Waals surface area contributed by atoms with Gasteiger partial charge in [0, 0.05) is 17.6 Å². The predicted molar refractivity (Wildman–Crippen MR) is 67.3 cm³/mol. The van der Waals surface area contributed by atoms with Crippen molar-refractivity contribution in [3.8, 4) is 0 Å². The maximum atomic E-state index is 11.9. The molecule has 6 heteroatoms. The molecule has 1 aromatic rings. The number of hydrogen-bond acceptors (Lipinski definition) is 3. The third-order valence-corrected chi connectivity index (χ3v) is 4.50. The summed E-state index contributed by atoms with van der Waals surface area (Å²) in [4.78, 5) is 0.174. The van der Waals surface area contributed by atoms with E-state index in [1.54, 1.807) is 12.1 Å². The molecule has 0 spiro atoms. The number of halogens is 1. The van der Waals surface area contributed by atoms with E-state index in [0.29, 0.717) is 10.9 Å². The first kappa shape index (κ1) is 12.8. The second-order valence-electron chi connectivity index (χ2n) is 4.31. The third-order valence-electron chi connectivity index (χ3n) is 2.84. The lowest BCUT2D eigenvalue weighted by atomic mass is 10.2. The molecule has 1 aromatic carbocycles. The van der Waals surface area contributed by atoms with E-state index in [9.17, 15) is 8.42 Å². The van der Waals surface area contributed by atoms with E-state index in [2.05, 4.69) is 4.72 Å². The minimum absolute atomic E-state index is 0.0936. The van der Waals surface area contributed by atoms with Crippen molar-refractivity contribution in [3.63, 3.8) is 0 Å². The molecule has 94 valence electrons. The van der Waals surface area contributed by atoms with Crippen LogP contribution in [0.25, 0.3) is 0 Å². The molecule has 1 unspecified atom stereocenters. The van der Waals surface area contributed by atoms with Crippen LogP contribution in [0.5, 0.6) is 0 Å². The summed E-state index contributed by atoms with van der Waals surface area (Å²) in [5, 5.41) is 0.402. The zero-order valence-corrected chi connectivity index (χ0v) is 10.8. The molecule has 0 aliphatic heterocycles. The van der Waals surface area contributed by atoms with Crippen LogP contribution in [-0.4, -0.2) is 21.0 Å². The molecule has 0 heterocycles. The first-order chi connectivity index (χ1) is 7.99. The van der Waals surface area contributed by atoms with Gasteiger partial charge >= 0.3 is 0 Å². The summed E-state index contributed by atoms with van der Waals surface area (Å²) in [6, 6.07) is 6.08. The second kappa shape index (κ2) is 4.94. The van der Waals surface area contributed by atoms with Crippen molar-refractivity contribution in [1.82, 2.24) is 4.72 Å². The zero-order chi connectivity index (χ0) is 12.5. The monoisotopic (exact) mass is 274 g/mol. The molecule has 0 radical (unpaired) electrons. The largest absolute Gasteiger partial charge is 0.326 e. The Labute approximate surface area is 106 Å². The topological polar surface area (TPSA) is 72.2 Å². The molecule has 0 saturated heterocycles. The SMILES string of the molecule is NC(CNS(=O)(=O)c1cccc(Cl)c1)C1CC1. The fraction of sp³-hybridized carbons (Fsp3) is 0.455. The highest BCUT2D eigenvalue weighted by atomic mass is 35.5. The lowest BCUT2D eigenvalue weighted by Gasteiger charge is -2.12. The van der Waals surface area contributed by atoms with Crippen LogP contribution in [0.4, 0.5) is 0 Å². The van der Waals surface area contributed by atoms with Gasteiger partial charge < -0.3 is 5.73 Å². The molecule has 1 atom stereocenters. The molecule has 3 N–H and O–H groups in total. The number of rotatable bonds is 5. The fourth-order valence-electron chi connectivity index (χ4n) is 1.61. The molecule has 0 amide bonds. The van der Waals surface area contributed by atoms with E-state index < -0.39 is 10.0 Å². The number of sulfonamides is 1. The van der Waals surface area contributed by atoms with E-state index in [4.69, 9.17) is 17.3 Å². The van der Waals surface area contributed by atoms with Crippen LogP contribution in [-0.2, 0) is 10.0 Å². The van der Waals surface area contributed by atoms with Gasteiger partial charge in [0.15, 0.2) is 0 Å². The lowest BCUT2D eigenvalue weighted by Crippen LogP contribution is -2.38. The highest BCUT2D eigenvalue weighted by molar-refractivity contribution is 7.89. The molecule has 4 nitrogen and oxygen atoms in total. The van der Waals surface area contributed by atoms with E-state index in [1.165, 1.54) is 12.1 Å². The Morgan fingerprint density at radius 2 is 2.18 bits per heavy atom. The van der Waals surface area contributed by atoms with Crippen molar-refractivity contribution in [2.75, 3.05) is 6.54 Å². The number of benzene rings is 1. The van der Waals surface area contributed by atoms with Gasteiger partial charge in [-0.2, -0.15) is 0 Å². The molecule has 0 bridgehead atoms. The van der Waals surface area contributed by atoms with Gasteiger partial charge in [0.2, 0.25) is 10.0 Å². The first-order valence-electron chi connectivity index (χ1n) is 5.50.